The first-order valence-electron chi connectivity index (χ1n) is 3.62. The van der Waals surface area contributed by atoms with Crippen LogP contribution in [0.15, 0.2) is 31.0 Å². The molecule has 13 heavy (non-hydrogen) atoms. The summed E-state index contributed by atoms with van der Waals surface area (Å²) < 4.78 is 3.69. The van der Waals surface area contributed by atoms with E-state index in [0.29, 0.717) is 0 Å². The van der Waals surface area contributed by atoms with Crippen LogP contribution in [0, 0.1) is 6.07 Å². The van der Waals surface area contributed by atoms with Crippen molar-refractivity contribution in [2.24, 2.45) is 0 Å². The Balaban J connectivity index is 0.000000653. The fraction of sp³-hybridized carbons (Fsp3) is 0. The van der Waals surface area contributed by atoms with E-state index < -0.39 is 0 Å². The zero-order valence-electron chi connectivity index (χ0n) is 6.51. The van der Waals surface area contributed by atoms with E-state index in [0.717, 1.165) is 11.2 Å². The van der Waals surface area contributed by atoms with Crippen LogP contribution >= 0.6 is 0 Å². The third kappa shape index (κ3) is 1.08. The minimum Gasteiger partial charge on any atom is -0.383 e. The van der Waals surface area contributed by atoms with Gasteiger partial charge in [-0.3, -0.25) is 4.52 Å². The first-order chi connectivity index (χ1) is 5.95. The average Bonchev–Trinajstić information content (AvgIpc) is 2.71. The van der Waals surface area contributed by atoms with Gasteiger partial charge in [0.15, 0.2) is 0 Å². The number of aromatic nitrogens is 4. The zero-order chi connectivity index (χ0) is 7.97. The molecule has 1 radical (unpaired) electrons. The minimum atomic E-state index is 0. The van der Waals surface area contributed by atoms with E-state index in [1.54, 1.807) is 16.9 Å². The first-order valence-corrected chi connectivity index (χ1v) is 3.62. The van der Waals surface area contributed by atoms with Gasteiger partial charge in [0.2, 0.25) is 0 Å². The first kappa shape index (κ1) is 8.41. The SMILES string of the molecule is [Ir].[c-]1cnn2ccn3ccnc3c12. The van der Waals surface area contributed by atoms with Crippen molar-refractivity contribution in [1.29, 1.82) is 0 Å². The molecule has 0 amide bonds. The summed E-state index contributed by atoms with van der Waals surface area (Å²) >= 11 is 0. The van der Waals surface area contributed by atoms with Gasteiger partial charge in [-0.1, -0.05) is 5.52 Å². The van der Waals surface area contributed by atoms with Crippen molar-refractivity contribution in [2.75, 3.05) is 0 Å². The molecule has 0 saturated heterocycles. The van der Waals surface area contributed by atoms with Gasteiger partial charge in [-0.05, 0) is 6.20 Å². The van der Waals surface area contributed by atoms with Crippen molar-refractivity contribution in [2.45, 2.75) is 0 Å². The molecular formula is C8H5IrN4-. The van der Waals surface area contributed by atoms with Crippen LogP contribution in [0.3, 0.4) is 0 Å². The second-order valence-electron chi connectivity index (χ2n) is 2.54. The van der Waals surface area contributed by atoms with Gasteiger partial charge in [-0.15, -0.1) is 0 Å². The Bertz CT molecular complexity index is 489. The number of rotatable bonds is 0. The fourth-order valence-corrected chi connectivity index (χ4v) is 1.31. The van der Waals surface area contributed by atoms with Crippen LogP contribution < -0.4 is 0 Å². The number of fused-ring (bicyclic) bond motifs is 3. The van der Waals surface area contributed by atoms with Gasteiger partial charge in [0.05, 0.1) is 0 Å². The Labute approximate surface area is 87.6 Å². The van der Waals surface area contributed by atoms with Crippen molar-refractivity contribution >= 4 is 11.2 Å². The van der Waals surface area contributed by atoms with Crippen LogP contribution in [0.2, 0.25) is 0 Å². The van der Waals surface area contributed by atoms with Gasteiger partial charge in [-0.2, -0.15) is 11.2 Å². The normalized spacial score (nSPS) is 10.5. The summed E-state index contributed by atoms with van der Waals surface area (Å²) in [7, 11) is 0. The third-order valence-corrected chi connectivity index (χ3v) is 1.86. The number of imidazole rings is 1. The molecule has 0 bridgehead atoms. The summed E-state index contributed by atoms with van der Waals surface area (Å²) in [6.45, 7) is 0. The van der Waals surface area contributed by atoms with E-state index in [9.17, 15) is 0 Å². The molecule has 5 heteroatoms. The number of hydrogen-bond donors (Lipinski definition) is 0. The van der Waals surface area contributed by atoms with E-state index in [4.69, 9.17) is 0 Å². The summed E-state index contributed by atoms with van der Waals surface area (Å²) in [5.74, 6) is 0. The van der Waals surface area contributed by atoms with Gasteiger partial charge in [0, 0.05) is 50.5 Å². The summed E-state index contributed by atoms with van der Waals surface area (Å²) in [5, 5.41) is 4.06. The number of hydrogen-bond acceptors (Lipinski definition) is 2. The smallest absolute Gasteiger partial charge is 0.0407 e. The van der Waals surface area contributed by atoms with Gasteiger partial charge >= 0.3 is 0 Å². The maximum absolute atomic E-state index is 4.19. The largest absolute Gasteiger partial charge is 0.383 e. The zero-order valence-corrected chi connectivity index (χ0v) is 8.90. The van der Waals surface area contributed by atoms with Gasteiger partial charge in [-0.25, -0.2) is 0 Å². The van der Waals surface area contributed by atoms with Gasteiger partial charge in [0.1, 0.15) is 0 Å². The van der Waals surface area contributed by atoms with Crippen molar-refractivity contribution in [3.63, 3.8) is 0 Å². The summed E-state index contributed by atoms with van der Waals surface area (Å²) in [6, 6.07) is 3.02. The Morgan fingerprint density at radius 2 is 2.15 bits per heavy atom. The van der Waals surface area contributed by atoms with E-state index in [1.165, 1.54) is 0 Å². The van der Waals surface area contributed by atoms with Crippen LogP contribution in [0.5, 0.6) is 0 Å². The van der Waals surface area contributed by atoms with Crippen LogP contribution in [-0.2, 0) is 20.1 Å². The Hall–Kier alpha value is -1.19. The molecule has 0 fully saturated rings. The van der Waals surface area contributed by atoms with Crippen LogP contribution in [0.4, 0.5) is 0 Å². The standard InChI is InChI=1S/C8H5N4.Ir/c1-2-10-12-6-5-11-4-3-9-8(11)7(1)12;/h2-6H;/q-1;. The van der Waals surface area contributed by atoms with Crippen LogP contribution in [0.25, 0.3) is 11.2 Å². The topological polar surface area (TPSA) is 34.6 Å². The molecule has 3 aromatic heterocycles. The van der Waals surface area contributed by atoms with E-state index in [2.05, 4.69) is 16.1 Å². The molecule has 0 aliphatic heterocycles. The molecule has 3 heterocycles. The summed E-state index contributed by atoms with van der Waals surface area (Å²) in [4.78, 5) is 4.19. The maximum Gasteiger partial charge on any atom is 0.0407 e. The molecule has 4 nitrogen and oxygen atoms in total. The molecule has 0 spiro atoms. The Morgan fingerprint density at radius 3 is 3.08 bits per heavy atom. The third-order valence-electron chi connectivity index (χ3n) is 1.86. The van der Waals surface area contributed by atoms with E-state index >= 15 is 0 Å². The summed E-state index contributed by atoms with van der Waals surface area (Å²) in [5.41, 5.74) is 1.79. The van der Waals surface area contributed by atoms with Crippen LogP contribution in [-0.4, -0.2) is 19.0 Å². The second-order valence-corrected chi connectivity index (χ2v) is 2.54. The van der Waals surface area contributed by atoms with Crippen molar-refractivity contribution in [3.8, 4) is 0 Å². The van der Waals surface area contributed by atoms with E-state index in [-0.39, 0.29) is 20.1 Å². The molecule has 67 valence electrons. The van der Waals surface area contributed by atoms with Crippen molar-refractivity contribution in [3.05, 3.63) is 37.1 Å². The molecule has 0 aliphatic carbocycles. The second kappa shape index (κ2) is 2.94. The molecule has 0 saturated carbocycles. The molecule has 0 aliphatic rings. The van der Waals surface area contributed by atoms with Gasteiger partial charge < -0.3 is 9.38 Å². The predicted octanol–water partition coefficient (Wildman–Crippen LogP) is 0.780. The Kier molecular flexibility index (Phi) is 1.90. The molecular weight excluding hydrogens is 344 g/mol. The van der Waals surface area contributed by atoms with Crippen molar-refractivity contribution in [1.82, 2.24) is 19.0 Å². The summed E-state index contributed by atoms with van der Waals surface area (Å²) in [6.07, 6.45) is 9.09. The molecule has 3 rings (SSSR count). The molecule has 3 aromatic rings. The predicted molar refractivity (Wildman–Crippen MR) is 42.8 cm³/mol. The quantitative estimate of drug-likeness (QED) is 0.562. The monoisotopic (exact) mass is 350 g/mol. The Morgan fingerprint density at radius 1 is 1.23 bits per heavy atom. The molecule has 0 atom stereocenters. The number of nitrogens with zero attached hydrogens (tertiary/aromatic N) is 4. The fourth-order valence-electron chi connectivity index (χ4n) is 1.31. The van der Waals surface area contributed by atoms with Crippen LogP contribution in [0.1, 0.15) is 0 Å². The molecule has 0 aromatic carbocycles. The van der Waals surface area contributed by atoms with Gasteiger partial charge in [0.25, 0.3) is 0 Å². The molecule has 0 unspecified atom stereocenters. The average molecular weight is 349 g/mol. The minimum absolute atomic E-state index is 0. The van der Waals surface area contributed by atoms with E-state index in [1.807, 2.05) is 23.0 Å². The maximum atomic E-state index is 4.19. The molecule has 0 N–H and O–H groups in total. The van der Waals surface area contributed by atoms with Crippen molar-refractivity contribution < 1.29 is 20.1 Å².